The zero-order valence-corrected chi connectivity index (χ0v) is 14.8. The third-order valence-electron chi connectivity index (χ3n) is 4.75. The van der Waals surface area contributed by atoms with Crippen molar-refractivity contribution in [2.24, 2.45) is 5.92 Å². The lowest BCUT2D eigenvalue weighted by Crippen LogP contribution is -2.49. The summed E-state index contributed by atoms with van der Waals surface area (Å²) in [6.07, 6.45) is 2.73. The highest BCUT2D eigenvalue weighted by Crippen LogP contribution is 2.41. The summed E-state index contributed by atoms with van der Waals surface area (Å²) in [7, 11) is 1.67. The smallest absolute Gasteiger partial charge is 0.234 e. The van der Waals surface area contributed by atoms with Crippen LogP contribution >= 0.6 is 0 Å². The largest absolute Gasteiger partial charge is 0.497 e. The Kier molecular flexibility index (Phi) is 5.41. The molecule has 132 valence electrons. The maximum atomic E-state index is 12.5. The van der Waals surface area contributed by atoms with Crippen LogP contribution in [0.2, 0.25) is 0 Å². The first-order valence-corrected chi connectivity index (χ1v) is 8.86. The maximum absolute atomic E-state index is 12.5. The number of carbonyl (C=O) groups is 1. The van der Waals surface area contributed by atoms with Crippen molar-refractivity contribution in [3.05, 3.63) is 29.8 Å². The minimum absolute atomic E-state index is 0.101. The molecule has 0 aromatic heterocycles. The number of hydrogen-bond donors (Lipinski definition) is 1. The van der Waals surface area contributed by atoms with Gasteiger partial charge in [-0.05, 0) is 50.3 Å². The van der Waals surface area contributed by atoms with Crippen LogP contribution in [0.4, 0.5) is 0 Å². The van der Waals surface area contributed by atoms with Gasteiger partial charge in [-0.15, -0.1) is 0 Å². The zero-order valence-electron chi connectivity index (χ0n) is 14.8. The van der Waals surface area contributed by atoms with E-state index in [4.69, 9.17) is 9.47 Å². The Morgan fingerprint density at radius 2 is 1.88 bits per heavy atom. The second kappa shape index (κ2) is 7.53. The second-order valence-corrected chi connectivity index (χ2v) is 7.11. The summed E-state index contributed by atoms with van der Waals surface area (Å²) >= 11 is 0. The number of nitrogens with one attached hydrogen (secondary N) is 1. The van der Waals surface area contributed by atoms with Crippen molar-refractivity contribution in [2.75, 3.05) is 26.7 Å². The Balaban J connectivity index is 1.59. The van der Waals surface area contributed by atoms with Crippen molar-refractivity contribution in [3.8, 4) is 5.75 Å². The topological polar surface area (TPSA) is 50.8 Å². The van der Waals surface area contributed by atoms with Crippen LogP contribution < -0.4 is 10.1 Å². The predicted octanol–water partition coefficient (Wildman–Crippen LogP) is 2.37. The van der Waals surface area contributed by atoms with Gasteiger partial charge >= 0.3 is 0 Å². The first kappa shape index (κ1) is 17.2. The van der Waals surface area contributed by atoms with Crippen LogP contribution in [0.3, 0.4) is 0 Å². The fraction of sp³-hybridized carbons (Fsp3) is 0.632. The Labute approximate surface area is 144 Å². The van der Waals surface area contributed by atoms with E-state index in [0.717, 1.165) is 24.4 Å². The van der Waals surface area contributed by atoms with Gasteiger partial charge in [0.25, 0.3) is 0 Å². The van der Waals surface area contributed by atoms with Crippen LogP contribution in [0.15, 0.2) is 24.3 Å². The number of morpholine rings is 1. The van der Waals surface area contributed by atoms with E-state index in [1.54, 1.807) is 7.11 Å². The van der Waals surface area contributed by atoms with Gasteiger partial charge in [0.05, 0.1) is 31.9 Å². The first-order chi connectivity index (χ1) is 11.5. The molecular weight excluding hydrogens is 304 g/mol. The summed E-state index contributed by atoms with van der Waals surface area (Å²) in [5, 5.41) is 3.25. The van der Waals surface area contributed by atoms with E-state index >= 15 is 0 Å². The van der Waals surface area contributed by atoms with Crippen molar-refractivity contribution in [2.45, 2.75) is 44.9 Å². The molecule has 24 heavy (non-hydrogen) atoms. The molecule has 1 amide bonds. The van der Waals surface area contributed by atoms with Crippen molar-refractivity contribution >= 4 is 5.91 Å². The molecule has 1 saturated heterocycles. The van der Waals surface area contributed by atoms with Crippen molar-refractivity contribution in [1.29, 1.82) is 0 Å². The molecule has 5 nitrogen and oxygen atoms in total. The standard InChI is InChI=1S/C19H28N2O3/c1-13-10-21(11-14(2)24-13)12-18(22)20-19(15-4-5-15)16-6-8-17(23-3)9-7-16/h6-9,13-15,19H,4-5,10-12H2,1-3H3,(H,20,22)/t13-,14-,19-/m1/s1. The second-order valence-electron chi connectivity index (χ2n) is 7.11. The molecule has 0 radical (unpaired) electrons. The third kappa shape index (κ3) is 4.48. The van der Waals surface area contributed by atoms with Crippen LogP contribution in [-0.4, -0.2) is 49.8 Å². The van der Waals surface area contributed by atoms with Crippen LogP contribution in [0.1, 0.15) is 38.3 Å². The van der Waals surface area contributed by atoms with Crippen molar-refractivity contribution in [1.82, 2.24) is 10.2 Å². The molecule has 3 rings (SSSR count). The van der Waals surface area contributed by atoms with E-state index in [1.807, 2.05) is 12.1 Å². The lowest BCUT2D eigenvalue weighted by atomic mass is 10.0. The van der Waals surface area contributed by atoms with Gasteiger partial charge in [-0.25, -0.2) is 0 Å². The lowest BCUT2D eigenvalue weighted by Gasteiger charge is -2.35. The number of ether oxygens (including phenoxy) is 2. The van der Waals surface area contributed by atoms with E-state index in [1.165, 1.54) is 12.8 Å². The number of benzene rings is 1. The van der Waals surface area contributed by atoms with Gasteiger partial charge in [0.2, 0.25) is 5.91 Å². The number of methoxy groups -OCH3 is 1. The van der Waals surface area contributed by atoms with Gasteiger partial charge in [-0.1, -0.05) is 12.1 Å². The quantitative estimate of drug-likeness (QED) is 0.869. The zero-order chi connectivity index (χ0) is 17.1. The highest BCUT2D eigenvalue weighted by Gasteiger charge is 2.34. The van der Waals surface area contributed by atoms with Crippen molar-refractivity contribution < 1.29 is 14.3 Å². The molecule has 1 aliphatic heterocycles. The highest BCUT2D eigenvalue weighted by atomic mass is 16.5. The molecule has 1 N–H and O–H groups in total. The molecule has 1 aliphatic carbocycles. The van der Waals surface area contributed by atoms with Gasteiger partial charge in [0.15, 0.2) is 0 Å². The molecule has 3 atom stereocenters. The Bertz CT molecular complexity index is 546. The lowest BCUT2D eigenvalue weighted by molar-refractivity contribution is -0.126. The minimum atomic E-state index is 0.101. The van der Waals surface area contributed by atoms with E-state index in [0.29, 0.717) is 12.5 Å². The van der Waals surface area contributed by atoms with Gasteiger partial charge in [0, 0.05) is 13.1 Å². The summed E-state index contributed by atoms with van der Waals surface area (Å²) in [6.45, 7) is 6.19. The molecule has 1 saturated carbocycles. The maximum Gasteiger partial charge on any atom is 0.234 e. The molecule has 1 aromatic carbocycles. The van der Waals surface area contributed by atoms with Gasteiger partial charge in [-0.2, -0.15) is 0 Å². The summed E-state index contributed by atoms with van der Waals surface area (Å²) in [5.74, 6) is 1.50. The van der Waals surface area contributed by atoms with E-state index in [2.05, 4.69) is 36.2 Å². The number of carbonyl (C=O) groups excluding carboxylic acids is 1. The summed E-state index contributed by atoms with van der Waals surface area (Å²) in [5.41, 5.74) is 1.16. The van der Waals surface area contributed by atoms with E-state index in [-0.39, 0.29) is 24.2 Å². The summed E-state index contributed by atoms with van der Waals surface area (Å²) < 4.78 is 11.0. The van der Waals surface area contributed by atoms with Gasteiger partial charge < -0.3 is 14.8 Å². The fourth-order valence-corrected chi connectivity index (χ4v) is 3.55. The molecular formula is C19H28N2O3. The average Bonchev–Trinajstić information content (AvgIpc) is 3.36. The molecule has 2 aliphatic rings. The van der Waals surface area contributed by atoms with Crippen LogP contribution in [0.25, 0.3) is 0 Å². The Morgan fingerprint density at radius 3 is 2.42 bits per heavy atom. The summed E-state index contributed by atoms with van der Waals surface area (Å²) in [6, 6.07) is 8.14. The SMILES string of the molecule is COc1ccc([C@H](NC(=O)CN2C[C@@H](C)O[C@H](C)C2)C2CC2)cc1. The van der Waals surface area contributed by atoms with Gasteiger partial charge in [0.1, 0.15) is 5.75 Å². The molecule has 0 unspecified atom stereocenters. The fourth-order valence-electron chi connectivity index (χ4n) is 3.55. The van der Waals surface area contributed by atoms with E-state index in [9.17, 15) is 4.79 Å². The Morgan fingerprint density at radius 1 is 1.25 bits per heavy atom. The monoisotopic (exact) mass is 332 g/mol. The number of hydrogen-bond acceptors (Lipinski definition) is 4. The van der Waals surface area contributed by atoms with Crippen molar-refractivity contribution in [3.63, 3.8) is 0 Å². The average molecular weight is 332 g/mol. The first-order valence-electron chi connectivity index (χ1n) is 8.86. The third-order valence-corrected chi connectivity index (χ3v) is 4.75. The summed E-state index contributed by atoms with van der Waals surface area (Å²) in [4.78, 5) is 14.7. The molecule has 0 bridgehead atoms. The Hall–Kier alpha value is -1.59. The predicted molar refractivity (Wildman–Crippen MR) is 93.1 cm³/mol. The molecule has 1 aromatic rings. The van der Waals surface area contributed by atoms with Crippen LogP contribution in [0.5, 0.6) is 5.75 Å². The normalized spacial score (nSPS) is 26.0. The highest BCUT2D eigenvalue weighted by molar-refractivity contribution is 5.78. The van der Waals surface area contributed by atoms with E-state index < -0.39 is 0 Å². The molecule has 1 heterocycles. The van der Waals surface area contributed by atoms with Crippen LogP contribution in [-0.2, 0) is 9.53 Å². The number of amides is 1. The number of rotatable bonds is 6. The number of nitrogens with zero attached hydrogens (tertiary/aromatic N) is 1. The minimum Gasteiger partial charge on any atom is -0.497 e. The molecule has 0 spiro atoms. The van der Waals surface area contributed by atoms with Crippen LogP contribution in [0, 0.1) is 5.92 Å². The molecule has 2 fully saturated rings. The van der Waals surface area contributed by atoms with Gasteiger partial charge in [-0.3, -0.25) is 9.69 Å². The molecule has 5 heteroatoms.